The standard InChI is InChI=1S/C12H12N2OS/c1-2-9(11-4-6-15-14-11)8-10(3-1)12-13-5-7-16-12/h1-3,5,7-8,11,14H,4,6H2/t11-/m1/s1. The second-order valence-electron chi connectivity index (χ2n) is 3.77. The van der Waals surface area contributed by atoms with E-state index in [-0.39, 0.29) is 0 Å². The Morgan fingerprint density at radius 2 is 2.44 bits per heavy atom. The zero-order valence-electron chi connectivity index (χ0n) is 8.72. The van der Waals surface area contributed by atoms with E-state index in [1.165, 1.54) is 11.1 Å². The smallest absolute Gasteiger partial charge is 0.123 e. The van der Waals surface area contributed by atoms with Crippen LogP contribution in [0.2, 0.25) is 0 Å². The molecule has 1 N–H and O–H groups in total. The van der Waals surface area contributed by atoms with Crippen molar-refractivity contribution in [3.63, 3.8) is 0 Å². The van der Waals surface area contributed by atoms with Crippen molar-refractivity contribution in [1.82, 2.24) is 10.5 Å². The van der Waals surface area contributed by atoms with Crippen molar-refractivity contribution in [1.29, 1.82) is 0 Å². The lowest BCUT2D eigenvalue weighted by Crippen LogP contribution is -2.11. The van der Waals surface area contributed by atoms with E-state index in [0.29, 0.717) is 6.04 Å². The van der Waals surface area contributed by atoms with Crippen molar-refractivity contribution in [3.8, 4) is 10.6 Å². The van der Waals surface area contributed by atoms with Gasteiger partial charge in [-0.15, -0.1) is 11.3 Å². The number of rotatable bonds is 2. The minimum Gasteiger partial charge on any atom is -0.301 e. The zero-order chi connectivity index (χ0) is 10.8. The van der Waals surface area contributed by atoms with E-state index in [9.17, 15) is 0 Å². The third-order valence-electron chi connectivity index (χ3n) is 2.70. The van der Waals surface area contributed by atoms with Crippen molar-refractivity contribution < 1.29 is 4.84 Å². The number of nitrogens with one attached hydrogen (secondary N) is 1. The minimum atomic E-state index is 0.319. The Kier molecular flexibility index (Phi) is 2.70. The van der Waals surface area contributed by atoms with Gasteiger partial charge in [-0.05, 0) is 18.1 Å². The molecule has 0 aliphatic carbocycles. The molecule has 1 aromatic heterocycles. The maximum atomic E-state index is 5.18. The zero-order valence-corrected chi connectivity index (χ0v) is 9.54. The molecular weight excluding hydrogens is 220 g/mol. The largest absolute Gasteiger partial charge is 0.301 e. The molecule has 1 aliphatic rings. The summed E-state index contributed by atoms with van der Waals surface area (Å²) in [7, 11) is 0. The molecule has 0 bridgehead atoms. The summed E-state index contributed by atoms with van der Waals surface area (Å²) >= 11 is 1.66. The number of hydrogen-bond acceptors (Lipinski definition) is 4. The fraction of sp³-hybridized carbons (Fsp3) is 0.250. The van der Waals surface area contributed by atoms with Gasteiger partial charge in [0.1, 0.15) is 5.01 Å². The van der Waals surface area contributed by atoms with Gasteiger partial charge < -0.3 is 4.84 Å². The highest BCUT2D eigenvalue weighted by Gasteiger charge is 2.17. The van der Waals surface area contributed by atoms with Gasteiger partial charge in [0.15, 0.2) is 0 Å². The Morgan fingerprint density at radius 1 is 1.44 bits per heavy atom. The number of nitrogens with zero attached hydrogens (tertiary/aromatic N) is 1. The van der Waals surface area contributed by atoms with Crippen molar-refractivity contribution in [2.24, 2.45) is 0 Å². The number of aromatic nitrogens is 1. The van der Waals surface area contributed by atoms with E-state index < -0.39 is 0 Å². The molecule has 0 amide bonds. The molecule has 82 valence electrons. The van der Waals surface area contributed by atoms with Crippen molar-refractivity contribution in [3.05, 3.63) is 41.4 Å². The molecule has 0 spiro atoms. The van der Waals surface area contributed by atoms with Gasteiger partial charge in [0.05, 0.1) is 12.6 Å². The van der Waals surface area contributed by atoms with E-state index >= 15 is 0 Å². The summed E-state index contributed by atoms with van der Waals surface area (Å²) in [6.07, 6.45) is 2.87. The van der Waals surface area contributed by atoms with Crippen molar-refractivity contribution in [2.45, 2.75) is 12.5 Å². The minimum absolute atomic E-state index is 0.319. The Hall–Kier alpha value is -1.23. The molecular formula is C12H12N2OS. The number of benzene rings is 1. The van der Waals surface area contributed by atoms with E-state index in [1.54, 1.807) is 11.3 Å². The fourth-order valence-electron chi connectivity index (χ4n) is 1.88. The highest BCUT2D eigenvalue weighted by Crippen LogP contribution is 2.27. The first-order chi connectivity index (χ1) is 7.93. The van der Waals surface area contributed by atoms with Crippen LogP contribution >= 0.6 is 11.3 Å². The third-order valence-corrected chi connectivity index (χ3v) is 3.52. The second-order valence-corrected chi connectivity index (χ2v) is 4.66. The van der Waals surface area contributed by atoms with Crippen LogP contribution in [0.25, 0.3) is 10.6 Å². The highest BCUT2D eigenvalue weighted by atomic mass is 32.1. The van der Waals surface area contributed by atoms with Gasteiger partial charge in [-0.25, -0.2) is 4.98 Å². The van der Waals surface area contributed by atoms with Gasteiger partial charge in [0.25, 0.3) is 0 Å². The predicted molar refractivity (Wildman–Crippen MR) is 64.0 cm³/mol. The molecule has 3 nitrogen and oxygen atoms in total. The maximum absolute atomic E-state index is 5.18. The van der Waals surface area contributed by atoms with Crippen LogP contribution < -0.4 is 5.48 Å². The lowest BCUT2D eigenvalue weighted by Gasteiger charge is -2.09. The van der Waals surface area contributed by atoms with E-state index in [1.807, 2.05) is 11.6 Å². The quantitative estimate of drug-likeness (QED) is 0.864. The summed E-state index contributed by atoms with van der Waals surface area (Å²) in [6.45, 7) is 0.784. The predicted octanol–water partition coefficient (Wildman–Crippen LogP) is 2.78. The van der Waals surface area contributed by atoms with Crippen molar-refractivity contribution >= 4 is 11.3 Å². The van der Waals surface area contributed by atoms with Crippen LogP contribution in [0.5, 0.6) is 0 Å². The summed E-state index contributed by atoms with van der Waals surface area (Å²) in [5.74, 6) is 0. The molecule has 1 fully saturated rings. The van der Waals surface area contributed by atoms with Crippen LogP contribution in [-0.2, 0) is 4.84 Å². The first kappa shape index (κ1) is 9.96. The second kappa shape index (κ2) is 4.33. The van der Waals surface area contributed by atoms with Gasteiger partial charge in [0.2, 0.25) is 0 Å². The monoisotopic (exact) mass is 232 g/mol. The number of hydrogen-bond donors (Lipinski definition) is 1. The lowest BCUT2D eigenvalue weighted by atomic mass is 10.0. The fourth-order valence-corrected chi connectivity index (χ4v) is 2.52. The van der Waals surface area contributed by atoms with Crippen LogP contribution in [-0.4, -0.2) is 11.6 Å². The van der Waals surface area contributed by atoms with Gasteiger partial charge in [-0.1, -0.05) is 18.2 Å². The molecule has 3 rings (SSSR count). The summed E-state index contributed by atoms with van der Waals surface area (Å²) < 4.78 is 0. The molecule has 1 saturated heterocycles. The first-order valence-corrected chi connectivity index (χ1v) is 6.18. The normalized spacial score (nSPS) is 20.1. The molecule has 2 heterocycles. The molecule has 16 heavy (non-hydrogen) atoms. The van der Waals surface area contributed by atoms with Crippen LogP contribution in [0.15, 0.2) is 35.8 Å². The van der Waals surface area contributed by atoms with Gasteiger partial charge in [-0.3, -0.25) is 0 Å². The molecule has 1 aliphatic heterocycles. The highest BCUT2D eigenvalue weighted by molar-refractivity contribution is 7.13. The molecule has 0 unspecified atom stereocenters. The number of thiazole rings is 1. The summed E-state index contributed by atoms with van der Waals surface area (Å²) in [4.78, 5) is 9.50. The topological polar surface area (TPSA) is 34.1 Å². The van der Waals surface area contributed by atoms with Crippen LogP contribution in [0, 0.1) is 0 Å². The Balaban J connectivity index is 1.93. The Labute approximate surface area is 98.1 Å². The molecule has 4 heteroatoms. The number of hydroxylamine groups is 1. The average Bonchev–Trinajstić information content (AvgIpc) is 3.03. The lowest BCUT2D eigenvalue weighted by molar-refractivity contribution is 0.0883. The molecule has 0 saturated carbocycles. The molecule has 1 atom stereocenters. The Morgan fingerprint density at radius 3 is 3.19 bits per heavy atom. The summed E-state index contributed by atoms with van der Waals surface area (Å²) in [5.41, 5.74) is 5.48. The van der Waals surface area contributed by atoms with E-state index in [4.69, 9.17) is 4.84 Å². The van der Waals surface area contributed by atoms with Gasteiger partial charge in [-0.2, -0.15) is 5.48 Å². The van der Waals surface area contributed by atoms with Gasteiger partial charge >= 0.3 is 0 Å². The first-order valence-electron chi connectivity index (χ1n) is 5.30. The van der Waals surface area contributed by atoms with Crippen LogP contribution in [0.4, 0.5) is 0 Å². The van der Waals surface area contributed by atoms with E-state index in [0.717, 1.165) is 18.0 Å². The molecule has 1 aromatic carbocycles. The van der Waals surface area contributed by atoms with Crippen LogP contribution in [0.3, 0.4) is 0 Å². The SMILES string of the molecule is c1cc(-c2nccs2)cc([C@H]2CCON2)c1. The summed E-state index contributed by atoms with van der Waals surface area (Å²) in [6, 6.07) is 8.80. The Bertz CT molecular complexity index is 464. The van der Waals surface area contributed by atoms with Gasteiger partial charge in [0, 0.05) is 17.1 Å². The third kappa shape index (κ3) is 1.87. The summed E-state index contributed by atoms with van der Waals surface area (Å²) in [5, 5.41) is 3.07. The van der Waals surface area contributed by atoms with E-state index in [2.05, 4.69) is 34.7 Å². The molecule has 0 radical (unpaired) electrons. The van der Waals surface area contributed by atoms with Crippen molar-refractivity contribution in [2.75, 3.05) is 6.61 Å². The average molecular weight is 232 g/mol. The molecule has 2 aromatic rings. The van der Waals surface area contributed by atoms with Crippen LogP contribution in [0.1, 0.15) is 18.0 Å². The maximum Gasteiger partial charge on any atom is 0.123 e.